The second-order valence-electron chi connectivity index (χ2n) is 7.92. The molecule has 2 aromatic carbocycles. The molecule has 0 radical (unpaired) electrons. The number of nitrogens with one attached hydrogen (secondary N) is 1. The van der Waals surface area contributed by atoms with E-state index < -0.39 is 23.6 Å². The molecule has 0 bridgehead atoms. The molecule has 3 rings (SSSR count). The van der Waals surface area contributed by atoms with Crippen molar-refractivity contribution in [3.63, 3.8) is 0 Å². The van der Waals surface area contributed by atoms with E-state index in [-0.39, 0.29) is 24.9 Å². The van der Waals surface area contributed by atoms with E-state index in [0.29, 0.717) is 23.4 Å². The van der Waals surface area contributed by atoms with Gasteiger partial charge in [-0.25, -0.2) is 0 Å². The van der Waals surface area contributed by atoms with Crippen LogP contribution in [0.5, 0.6) is 5.75 Å². The van der Waals surface area contributed by atoms with Crippen molar-refractivity contribution >= 4 is 11.8 Å². The zero-order chi connectivity index (χ0) is 23.3. The van der Waals surface area contributed by atoms with Crippen LogP contribution in [0.3, 0.4) is 0 Å². The number of methoxy groups -OCH3 is 1. The summed E-state index contributed by atoms with van der Waals surface area (Å²) in [5.41, 5.74) is 0.0355. The normalized spacial score (nSPS) is 18.5. The Morgan fingerprint density at radius 2 is 1.88 bits per heavy atom. The maximum absolute atomic E-state index is 13.3. The molecule has 0 aliphatic carbocycles. The predicted molar refractivity (Wildman–Crippen MR) is 114 cm³/mol. The first-order valence-corrected chi connectivity index (χ1v) is 10.6. The van der Waals surface area contributed by atoms with Gasteiger partial charge in [-0.05, 0) is 36.2 Å². The maximum atomic E-state index is 13.3. The van der Waals surface area contributed by atoms with Crippen molar-refractivity contribution in [1.82, 2.24) is 10.2 Å². The Labute approximate surface area is 185 Å². The highest BCUT2D eigenvalue weighted by Gasteiger charge is 2.41. The van der Waals surface area contributed by atoms with Gasteiger partial charge in [-0.15, -0.1) is 0 Å². The van der Waals surface area contributed by atoms with Gasteiger partial charge in [-0.1, -0.05) is 37.6 Å². The molecule has 1 heterocycles. The molecule has 1 saturated heterocycles. The van der Waals surface area contributed by atoms with Crippen molar-refractivity contribution in [3.05, 3.63) is 65.2 Å². The van der Waals surface area contributed by atoms with Crippen LogP contribution in [-0.4, -0.2) is 43.5 Å². The minimum absolute atomic E-state index is 0.134. The lowest BCUT2D eigenvalue weighted by Gasteiger charge is -2.19. The fourth-order valence-electron chi connectivity index (χ4n) is 3.98. The molecule has 2 aromatic rings. The molecule has 0 aromatic heterocycles. The first kappa shape index (κ1) is 23.6. The van der Waals surface area contributed by atoms with Crippen molar-refractivity contribution in [2.45, 2.75) is 31.9 Å². The number of unbranched alkanes of at least 4 members (excludes halogenated alkanes) is 1. The summed E-state index contributed by atoms with van der Waals surface area (Å²) in [6.45, 7) is 2.78. The SMILES string of the molecule is CCCCNC(=O)[C@@H]1CN(C(=O)c2cccc(OC)c2)C[C@@H]1c1cccc(C(F)(F)F)c1. The number of benzene rings is 2. The van der Waals surface area contributed by atoms with Crippen LogP contribution in [0.2, 0.25) is 0 Å². The summed E-state index contributed by atoms with van der Waals surface area (Å²) in [5, 5.41) is 2.87. The minimum atomic E-state index is -4.48. The molecule has 2 atom stereocenters. The Bertz CT molecular complexity index is 962. The van der Waals surface area contributed by atoms with Gasteiger partial charge in [0, 0.05) is 31.1 Å². The lowest BCUT2D eigenvalue weighted by atomic mass is 9.87. The summed E-state index contributed by atoms with van der Waals surface area (Å²) in [7, 11) is 1.50. The van der Waals surface area contributed by atoms with Crippen LogP contribution >= 0.6 is 0 Å². The Morgan fingerprint density at radius 1 is 1.12 bits per heavy atom. The second kappa shape index (κ2) is 10.1. The molecule has 5 nitrogen and oxygen atoms in total. The number of carbonyl (C=O) groups is 2. The molecular formula is C24H27F3N2O3. The highest BCUT2D eigenvalue weighted by atomic mass is 19.4. The van der Waals surface area contributed by atoms with Gasteiger partial charge in [0.25, 0.3) is 5.91 Å². The first-order valence-electron chi connectivity index (χ1n) is 10.6. The molecule has 2 amide bonds. The largest absolute Gasteiger partial charge is 0.497 e. The van der Waals surface area contributed by atoms with Crippen molar-refractivity contribution in [1.29, 1.82) is 0 Å². The summed E-state index contributed by atoms with van der Waals surface area (Å²) in [6.07, 6.45) is -2.77. The molecule has 1 fully saturated rings. The third-order valence-electron chi connectivity index (χ3n) is 5.73. The van der Waals surface area contributed by atoms with E-state index in [1.165, 1.54) is 18.1 Å². The van der Waals surface area contributed by atoms with E-state index >= 15 is 0 Å². The molecule has 1 aliphatic heterocycles. The van der Waals surface area contributed by atoms with Gasteiger partial charge in [-0.2, -0.15) is 13.2 Å². The Balaban J connectivity index is 1.89. The quantitative estimate of drug-likeness (QED) is 0.635. The van der Waals surface area contributed by atoms with Crippen molar-refractivity contribution in [3.8, 4) is 5.75 Å². The monoisotopic (exact) mass is 448 g/mol. The van der Waals surface area contributed by atoms with Gasteiger partial charge in [-0.3, -0.25) is 9.59 Å². The number of hydrogen-bond donors (Lipinski definition) is 1. The number of amides is 2. The van der Waals surface area contributed by atoms with Crippen LogP contribution in [0, 0.1) is 5.92 Å². The van der Waals surface area contributed by atoms with E-state index in [4.69, 9.17) is 4.74 Å². The maximum Gasteiger partial charge on any atom is 0.416 e. The number of likely N-dealkylation sites (tertiary alicyclic amines) is 1. The molecule has 0 saturated carbocycles. The minimum Gasteiger partial charge on any atom is -0.497 e. The van der Waals surface area contributed by atoms with E-state index in [0.717, 1.165) is 25.0 Å². The highest BCUT2D eigenvalue weighted by molar-refractivity contribution is 5.95. The summed E-state index contributed by atoms with van der Waals surface area (Å²) >= 11 is 0. The molecule has 172 valence electrons. The molecular weight excluding hydrogens is 421 g/mol. The van der Waals surface area contributed by atoms with Crippen LogP contribution in [0.4, 0.5) is 13.2 Å². The average molecular weight is 448 g/mol. The number of rotatable bonds is 7. The predicted octanol–water partition coefficient (Wildman–Crippen LogP) is 4.49. The summed E-state index contributed by atoms with van der Waals surface area (Å²) in [4.78, 5) is 27.5. The van der Waals surface area contributed by atoms with E-state index in [2.05, 4.69) is 5.32 Å². The van der Waals surface area contributed by atoms with Gasteiger partial charge in [0.1, 0.15) is 5.75 Å². The summed E-state index contributed by atoms with van der Waals surface area (Å²) in [5.74, 6) is -1.18. The number of hydrogen-bond acceptors (Lipinski definition) is 3. The lowest BCUT2D eigenvalue weighted by Crippen LogP contribution is -2.36. The third kappa shape index (κ3) is 5.41. The number of alkyl halides is 3. The topological polar surface area (TPSA) is 58.6 Å². The van der Waals surface area contributed by atoms with Gasteiger partial charge in [0.15, 0.2) is 0 Å². The standard InChI is InChI=1S/C24H27F3N2O3/c1-3-4-11-28-22(30)21-15-29(23(31)17-8-6-10-19(13-17)32-2)14-20(21)16-7-5-9-18(12-16)24(25,26)27/h5-10,12-13,20-21H,3-4,11,14-15H2,1-2H3,(H,28,30)/t20-,21-/m1/s1. The highest BCUT2D eigenvalue weighted by Crippen LogP contribution is 2.37. The van der Waals surface area contributed by atoms with Gasteiger partial charge >= 0.3 is 6.18 Å². The van der Waals surface area contributed by atoms with Crippen LogP contribution in [0.25, 0.3) is 0 Å². The Morgan fingerprint density at radius 3 is 2.56 bits per heavy atom. The Hall–Kier alpha value is -3.03. The molecule has 8 heteroatoms. The summed E-state index contributed by atoms with van der Waals surface area (Å²) in [6, 6.07) is 11.7. The van der Waals surface area contributed by atoms with Crippen molar-refractivity contribution < 1.29 is 27.5 Å². The van der Waals surface area contributed by atoms with Crippen LogP contribution in [0.15, 0.2) is 48.5 Å². The zero-order valence-electron chi connectivity index (χ0n) is 18.1. The molecule has 1 aliphatic rings. The molecule has 0 unspecified atom stereocenters. The average Bonchev–Trinajstić information content (AvgIpc) is 3.24. The fourth-order valence-corrected chi connectivity index (χ4v) is 3.98. The fraction of sp³-hybridized carbons (Fsp3) is 0.417. The molecule has 0 spiro atoms. The number of nitrogens with zero attached hydrogens (tertiary/aromatic N) is 1. The van der Waals surface area contributed by atoms with Gasteiger partial charge in [0.05, 0.1) is 18.6 Å². The van der Waals surface area contributed by atoms with Gasteiger partial charge in [0.2, 0.25) is 5.91 Å². The summed E-state index contributed by atoms with van der Waals surface area (Å²) < 4.78 is 45.0. The molecule has 32 heavy (non-hydrogen) atoms. The smallest absolute Gasteiger partial charge is 0.416 e. The van der Waals surface area contributed by atoms with Crippen LogP contribution in [0.1, 0.15) is 47.2 Å². The number of halogens is 3. The van der Waals surface area contributed by atoms with Crippen molar-refractivity contribution in [2.24, 2.45) is 5.92 Å². The Kier molecular flexibility index (Phi) is 7.43. The first-order chi connectivity index (χ1) is 15.2. The van der Waals surface area contributed by atoms with E-state index in [9.17, 15) is 22.8 Å². The van der Waals surface area contributed by atoms with Crippen LogP contribution in [-0.2, 0) is 11.0 Å². The number of ether oxygens (including phenoxy) is 1. The third-order valence-corrected chi connectivity index (χ3v) is 5.73. The van der Waals surface area contributed by atoms with Crippen molar-refractivity contribution in [2.75, 3.05) is 26.7 Å². The van der Waals surface area contributed by atoms with Gasteiger partial charge < -0.3 is 15.0 Å². The van der Waals surface area contributed by atoms with E-state index in [1.807, 2.05) is 6.92 Å². The zero-order valence-corrected chi connectivity index (χ0v) is 18.1. The van der Waals surface area contributed by atoms with E-state index in [1.54, 1.807) is 30.3 Å². The molecule has 1 N–H and O–H groups in total. The number of carbonyl (C=O) groups excluding carboxylic acids is 2. The second-order valence-corrected chi connectivity index (χ2v) is 7.92. The lowest BCUT2D eigenvalue weighted by molar-refractivity contribution is -0.137. The van der Waals surface area contributed by atoms with Crippen LogP contribution < -0.4 is 10.1 Å².